The maximum atomic E-state index is 11.6. The van der Waals surface area contributed by atoms with Gasteiger partial charge in [0.05, 0.1) is 12.3 Å². The molecule has 1 aliphatic heterocycles. The first kappa shape index (κ1) is 13.5. The number of hydrogen-bond donors (Lipinski definition) is 0. The summed E-state index contributed by atoms with van der Waals surface area (Å²) in [6, 6.07) is 5.75. The Hall–Kier alpha value is -1.46. The molecule has 6 heteroatoms. The number of esters is 1. The molecule has 1 aromatic heterocycles. The molecule has 1 aromatic carbocycles. The van der Waals surface area contributed by atoms with Gasteiger partial charge in [0.2, 0.25) is 0 Å². The Bertz CT molecular complexity index is 656. The van der Waals surface area contributed by atoms with E-state index in [-0.39, 0.29) is 11.2 Å². The van der Waals surface area contributed by atoms with Crippen molar-refractivity contribution in [2.24, 2.45) is 0 Å². The van der Waals surface area contributed by atoms with E-state index in [4.69, 9.17) is 16.3 Å². The predicted molar refractivity (Wildman–Crippen MR) is 78.5 cm³/mol. The lowest BCUT2D eigenvalue weighted by atomic mass is 10.2. The molecule has 0 amide bonds. The molecule has 104 valence electrons. The number of aromatic nitrogens is 2. The van der Waals surface area contributed by atoms with Crippen molar-refractivity contribution in [1.82, 2.24) is 9.55 Å². The van der Waals surface area contributed by atoms with E-state index in [1.54, 1.807) is 6.20 Å². The van der Waals surface area contributed by atoms with E-state index < -0.39 is 0 Å². The van der Waals surface area contributed by atoms with E-state index in [9.17, 15) is 4.79 Å². The summed E-state index contributed by atoms with van der Waals surface area (Å²) in [6.07, 6.45) is 4.33. The molecule has 1 fully saturated rings. The number of ether oxygens (including phenoxy) is 1. The quantitative estimate of drug-likeness (QED) is 0.817. The molecule has 4 nitrogen and oxygen atoms in total. The number of thioether (sulfide) groups is 1. The molecule has 1 atom stereocenters. The Labute approximate surface area is 126 Å². The smallest absolute Gasteiger partial charge is 0.319 e. The van der Waals surface area contributed by atoms with Crippen LogP contribution in [-0.2, 0) is 9.53 Å². The van der Waals surface area contributed by atoms with Crippen molar-refractivity contribution < 1.29 is 9.53 Å². The van der Waals surface area contributed by atoms with Gasteiger partial charge in [-0.05, 0) is 24.6 Å². The molecule has 1 saturated heterocycles. The normalized spacial score (nSPS) is 18.3. The molecule has 2 aromatic rings. The highest BCUT2D eigenvalue weighted by molar-refractivity contribution is 8.00. The van der Waals surface area contributed by atoms with Gasteiger partial charge in [0, 0.05) is 23.8 Å². The van der Waals surface area contributed by atoms with E-state index in [1.165, 1.54) is 11.8 Å². The van der Waals surface area contributed by atoms with Crippen molar-refractivity contribution in [2.75, 3.05) is 6.61 Å². The van der Waals surface area contributed by atoms with Gasteiger partial charge in [-0.25, -0.2) is 4.98 Å². The number of benzene rings is 1. The van der Waals surface area contributed by atoms with Crippen LogP contribution >= 0.6 is 23.4 Å². The van der Waals surface area contributed by atoms with Gasteiger partial charge >= 0.3 is 5.97 Å². The summed E-state index contributed by atoms with van der Waals surface area (Å²) in [7, 11) is 0. The Morgan fingerprint density at radius 2 is 2.35 bits per heavy atom. The number of halogens is 1. The van der Waals surface area contributed by atoms with Gasteiger partial charge in [-0.2, -0.15) is 0 Å². The predicted octanol–water partition coefficient (Wildman–Crippen LogP) is 3.24. The SMILES string of the molecule is Cc1c(Cl)cccc1-n1ccnc1S[C@@H]1CCOC1=O. The maximum absolute atomic E-state index is 11.6. The van der Waals surface area contributed by atoms with Crippen molar-refractivity contribution in [3.63, 3.8) is 0 Å². The van der Waals surface area contributed by atoms with Gasteiger partial charge in [-0.3, -0.25) is 9.36 Å². The number of cyclic esters (lactones) is 1. The number of imidazole rings is 1. The van der Waals surface area contributed by atoms with E-state index >= 15 is 0 Å². The third-order valence-corrected chi connectivity index (χ3v) is 4.88. The molecule has 2 heterocycles. The van der Waals surface area contributed by atoms with Crippen LogP contribution in [0.25, 0.3) is 5.69 Å². The first-order chi connectivity index (χ1) is 9.66. The van der Waals surface area contributed by atoms with Crippen LogP contribution in [0.5, 0.6) is 0 Å². The molecule has 0 saturated carbocycles. The second kappa shape index (κ2) is 5.50. The lowest BCUT2D eigenvalue weighted by molar-refractivity contribution is -0.137. The molecule has 0 unspecified atom stereocenters. The summed E-state index contributed by atoms with van der Waals surface area (Å²) in [6.45, 7) is 2.46. The van der Waals surface area contributed by atoms with E-state index in [0.29, 0.717) is 11.6 Å². The molecule has 1 aliphatic rings. The highest BCUT2D eigenvalue weighted by Crippen LogP contribution is 2.31. The summed E-state index contributed by atoms with van der Waals surface area (Å²) in [5.41, 5.74) is 1.96. The van der Waals surface area contributed by atoms with Gasteiger partial charge in [-0.15, -0.1) is 0 Å². The monoisotopic (exact) mass is 308 g/mol. The largest absolute Gasteiger partial charge is 0.465 e. The molecule has 0 N–H and O–H groups in total. The average Bonchev–Trinajstić information content (AvgIpc) is 3.04. The molecule has 0 aliphatic carbocycles. The van der Waals surface area contributed by atoms with Crippen LogP contribution < -0.4 is 0 Å². The zero-order valence-electron chi connectivity index (χ0n) is 10.9. The van der Waals surface area contributed by atoms with E-state index in [1.807, 2.05) is 35.9 Å². The van der Waals surface area contributed by atoms with Crippen molar-refractivity contribution in [2.45, 2.75) is 23.8 Å². The Morgan fingerprint density at radius 3 is 3.10 bits per heavy atom. The molecule has 0 bridgehead atoms. The Balaban J connectivity index is 1.94. The molecular weight excluding hydrogens is 296 g/mol. The topological polar surface area (TPSA) is 44.1 Å². The highest BCUT2D eigenvalue weighted by Gasteiger charge is 2.29. The number of rotatable bonds is 3. The van der Waals surface area contributed by atoms with Crippen LogP contribution in [0.2, 0.25) is 5.02 Å². The van der Waals surface area contributed by atoms with Crippen molar-refractivity contribution in [3.05, 3.63) is 41.2 Å². The lowest BCUT2D eigenvalue weighted by Crippen LogP contribution is -2.11. The van der Waals surface area contributed by atoms with Crippen LogP contribution in [-0.4, -0.2) is 27.4 Å². The van der Waals surface area contributed by atoms with Crippen LogP contribution in [0.4, 0.5) is 0 Å². The Kier molecular flexibility index (Phi) is 3.72. The highest BCUT2D eigenvalue weighted by atomic mass is 35.5. The van der Waals surface area contributed by atoms with Gasteiger partial charge in [-0.1, -0.05) is 29.4 Å². The number of nitrogens with zero attached hydrogens (tertiary/aromatic N) is 2. The minimum absolute atomic E-state index is 0.160. The van der Waals surface area contributed by atoms with Crippen LogP contribution in [0, 0.1) is 6.92 Å². The second-order valence-corrected chi connectivity index (χ2v) is 6.10. The summed E-state index contributed by atoms with van der Waals surface area (Å²) < 4.78 is 6.94. The summed E-state index contributed by atoms with van der Waals surface area (Å²) in [4.78, 5) is 15.9. The van der Waals surface area contributed by atoms with Crippen molar-refractivity contribution >= 4 is 29.3 Å². The minimum Gasteiger partial charge on any atom is -0.465 e. The van der Waals surface area contributed by atoms with Crippen molar-refractivity contribution in [3.8, 4) is 5.69 Å². The fraction of sp³-hybridized carbons (Fsp3) is 0.286. The number of hydrogen-bond acceptors (Lipinski definition) is 4. The zero-order valence-corrected chi connectivity index (χ0v) is 12.4. The van der Waals surface area contributed by atoms with Gasteiger partial charge in [0.15, 0.2) is 5.16 Å². The summed E-state index contributed by atoms with van der Waals surface area (Å²) >= 11 is 7.60. The van der Waals surface area contributed by atoms with E-state index in [2.05, 4.69) is 4.98 Å². The van der Waals surface area contributed by atoms with Gasteiger partial charge < -0.3 is 4.74 Å². The summed E-state index contributed by atoms with van der Waals surface area (Å²) in [5, 5.41) is 1.32. The van der Waals surface area contributed by atoms with Crippen LogP contribution in [0.1, 0.15) is 12.0 Å². The lowest BCUT2D eigenvalue weighted by Gasteiger charge is -2.12. The third kappa shape index (κ3) is 2.43. The van der Waals surface area contributed by atoms with Crippen LogP contribution in [0.3, 0.4) is 0 Å². The molecule has 0 spiro atoms. The molecular formula is C14H13ClN2O2S. The summed E-state index contributed by atoms with van der Waals surface area (Å²) in [5.74, 6) is -0.160. The van der Waals surface area contributed by atoms with Crippen LogP contribution in [0.15, 0.2) is 35.7 Å². The third-order valence-electron chi connectivity index (χ3n) is 3.24. The van der Waals surface area contributed by atoms with Gasteiger partial charge in [0.1, 0.15) is 5.25 Å². The van der Waals surface area contributed by atoms with Gasteiger partial charge in [0.25, 0.3) is 0 Å². The maximum Gasteiger partial charge on any atom is 0.319 e. The molecule has 0 radical (unpaired) electrons. The zero-order chi connectivity index (χ0) is 14.1. The molecule has 20 heavy (non-hydrogen) atoms. The Morgan fingerprint density at radius 1 is 1.50 bits per heavy atom. The minimum atomic E-state index is -0.171. The fourth-order valence-corrected chi connectivity index (χ4v) is 3.33. The second-order valence-electron chi connectivity index (χ2n) is 4.53. The number of carbonyl (C=O) groups is 1. The van der Waals surface area contributed by atoms with E-state index in [0.717, 1.165) is 22.8 Å². The standard InChI is InChI=1S/C14H13ClN2O2S/c1-9-10(15)3-2-4-11(9)17-7-6-16-14(17)20-12-5-8-19-13(12)18/h2-4,6-7,12H,5,8H2,1H3/t12-/m1/s1. The number of carbonyl (C=O) groups excluding carboxylic acids is 1. The first-order valence-corrected chi connectivity index (χ1v) is 7.54. The fourth-order valence-electron chi connectivity index (χ4n) is 2.13. The first-order valence-electron chi connectivity index (χ1n) is 6.29. The molecule has 3 rings (SSSR count). The van der Waals surface area contributed by atoms with Crippen molar-refractivity contribution in [1.29, 1.82) is 0 Å². The average molecular weight is 309 g/mol.